The Morgan fingerprint density at radius 2 is 1.75 bits per heavy atom. The average Bonchev–Trinajstić information content (AvgIpc) is 2.58. The van der Waals surface area contributed by atoms with Gasteiger partial charge in [0, 0.05) is 0 Å². The fourth-order valence-corrected chi connectivity index (χ4v) is 1.89. The summed E-state index contributed by atoms with van der Waals surface area (Å²) in [5.74, 6) is -0.106. The molecule has 4 nitrogen and oxygen atoms in total. The number of ether oxygens (including phenoxy) is 2. The third-order valence-corrected chi connectivity index (χ3v) is 3.04. The Bertz CT molecular complexity index is 491. The van der Waals surface area contributed by atoms with E-state index in [0.717, 1.165) is 0 Å². The molecule has 0 spiro atoms. The van der Waals surface area contributed by atoms with Gasteiger partial charge >= 0.3 is 6.29 Å². The minimum Gasteiger partial charge on any atom is -0.395 e. The lowest BCUT2D eigenvalue weighted by molar-refractivity contribution is -0.286. The van der Waals surface area contributed by atoms with Crippen LogP contribution in [0, 0.1) is 5.41 Å². The van der Waals surface area contributed by atoms with Crippen molar-refractivity contribution in [3.05, 3.63) is 23.8 Å². The Balaban J connectivity index is 0.00000200. The Morgan fingerprint density at radius 3 is 2.30 bits per heavy atom. The van der Waals surface area contributed by atoms with Crippen LogP contribution in [-0.2, 0) is 0 Å². The second-order valence-corrected chi connectivity index (χ2v) is 5.71. The van der Waals surface area contributed by atoms with Crippen LogP contribution in [0.1, 0.15) is 32.4 Å². The second kappa shape index (κ2) is 5.35. The molecular weight excluding hydrogens is 292 g/mol. The molecule has 0 radical (unpaired) electrons. The molecule has 0 fully saturated rings. The standard InChI is InChI=1S/C13H17F2NO3.ClH/c1-12(2,3)11(17)10(16)7-4-5-8-9(6-7)19-13(14,15)18-8;/h4-6,10-11,17H,16H2,1-3H3;1H/t10-,11-;/m0./s1. The van der Waals surface area contributed by atoms with Crippen molar-refractivity contribution in [2.24, 2.45) is 11.1 Å². The Morgan fingerprint density at radius 1 is 1.20 bits per heavy atom. The normalized spacial score (nSPS) is 19.1. The molecule has 0 saturated carbocycles. The first-order chi connectivity index (χ1) is 8.60. The summed E-state index contributed by atoms with van der Waals surface area (Å²) in [4.78, 5) is 0. The van der Waals surface area contributed by atoms with Gasteiger partial charge in [-0.15, -0.1) is 21.2 Å². The van der Waals surface area contributed by atoms with Gasteiger partial charge in [-0.05, 0) is 23.1 Å². The number of fused-ring (bicyclic) bond motifs is 1. The lowest BCUT2D eigenvalue weighted by Gasteiger charge is -2.31. The first-order valence-electron chi connectivity index (χ1n) is 5.93. The number of hydrogen-bond donors (Lipinski definition) is 2. The SMILES string of the molecule is CC(C)(C)[C@@H](O)[C@@H](N)c1ccc2c(c1)OC(F)(F)O2.Cl. The molecule has 1 aromatic rings. The van der Waals surface area contributed by atoms with Gasteiger partial charge in [0.25, 0.3) is 0 Å². The molecular formula is C13H18ClF2NO3. The number of rotatable bonds is 2. The molecule has 1 aromatic carbocycles. The highest BCUT2D eigenvalue weighted by atomic mass is 35.5. The van der Waals surface area contributed by atoms with E-state index in [0.29, 0.717) is 5.56 Å². The number of aliphatic hydroxyl groups is 1. The van der Waals surface area contributed by atoms with Crippen molar-refractivity contribution in [3.63, 3.8) is 0 Å². The molecule has 3 N–H and O–H groups in total. The average molecular weight is 310 g/mol. The van der Waals surface area contributed by atoms with Crippen LogP contribution >= 0.6 is 12.4 Å². The molecule has 1 heterocycles. The molecule has 1 aliphatic rings. The van der Waals surface area contributed by atoms with E-state index in [4.69, 9.17) is 5.73 Å². The maximum absolute atomic E-state index is 12.9. The van der Waals surface area contributed by atoms with Gasteiger partial charge in [-0.3, -0.25) is 0 Å². The van der Waals surface area contributed by atoms with Gasteiger partial charge in [0.15, 0.2) is 11.5 Å². The minimum absolute atomic E-state index is 0. The lowest BCUT2D eigenvalue weighted by Crippen LogP contribution is -2.36. The van der Waals surface area contributed by atoms with Crippen molar-refractivity contribution in [1.29, 1.82) is 0 Å². The second-order valence-electron chi connectivity index (χ2n) is 5.71. The monoisotopic (exact) mass is 309 g/mol. The van der Waals surface area contributed by atoms with E-state index in [-0.39, 0.29) is 23.9 Å². The van der Waals surface area contributed by atoms with Gasteiger partial charge in [0.2, 0.25) is 0 Å². The van der Waals surface area contributed by atoms with Crippen LogP contribution in [0.2, 0.25) is 0 Å². The van der Waals surface area contributed by atoms with Gasteiger partial charge in [0.05, 0.1) is 12.1 Å². The largest absolute Gasteiger partial charge is 0.586 e. The molecule has 1 aliphatic heterocycles. The molecule has 0 aliphatic carbocycles. The van der Waals surface area contributed by atoms with Crippen molar-refractivity contribution in [2.45, 2.75) is 39.2 Å². The Hall–Kier alpha value is -1.11. The molecule has 0 saturated heterocycles. The van der Waals surface area contributed by atoms with E-state index in [1.807, 2.05) is 20.8 Å². The summed E-state index contributed by atoms with van der Waals surface area (Å²) in [6.45, 7) is 5.54. The van der Waals surface area contributed by atoms with Gasteiger partial charge in [-0.25, -0.2) is 0 Å². The van der Waals surface area contributed by atoms with Gasteiger partial charge in [-0.1, -0.05) is 26.8 Å². The summed E-state index contributed by atoms with van der Waals surface area (Å²) < 4.78 is 34.4. The number of nitrogens with two attached hydrogens (primary N) is 1. The number of halogens is 3. The van der Waals surface area contributed by atoms with Gasteiger partial charge in [0.1, 0.15) is 0 Å². The molecule has 20 heavy (non-hydrogen) atoms. The van der Waals surface area contributed by atoms with E-state index in [2.05, 4.69) is 9.47 Å². The summed E-state index contributed by atoms with van der Waals surface area (Å²) in [6.07, 6.45) is -4.46. The van der Waals surface area contributed by atoms with Crippen LogP contribution in [-0.4, -0.2) is 17.5 Å². The van der Waals surface area contributed by atoms with Crippen molar-refractivity contribution in [2.75, 3.05) is 0 Å². The van der Waals surface area contributed by atoms with Crippen LogP contribution in [0.15, 0.2) is 18.2 Å². The fraction of sp³-hybridized carbons (Fsp3) is 0.538. The highest BCUT2D eigenvalue weighted by Crippen LogP contribution is 2.42. The molecule has 2 rings (SSSR count). The number of alkyl halides is 2. The van der Waals surface area contributed by atoms with Crippen molar-refractivity contribution >= 4 is 12.4 Å². The smallest absolute Gasteiger partial charge is 0.395 e. The highest BCUT2D eigenvalue weighted by Gasteiger charge is 2.43. The maximum atomic E-state index is 12.9. The van der Waals surface area contributed by atoms with Crippen molar-refractivity contribution in [3.8, 4) is 11.5 Å². The molecule has 0 aromatic heterocycles. The number of benzene rings is 1. The fourth-order valence-electron chi connectivity index (χ4n) is 1.89. The van der Waals surface area contributed by atoms with Crippen LogP contribution in [0.5, 0.6) is 11.5 Å². The van der Waals surface area contributed by atoms with Crippen molar-refractivity contribution < 1.29 is 23.4 Å². The third kappa shape index (κ3) is 3.31. The summed E-state index contributed by atoms with van der Waals surface area (Å²) in [5.41, 5.74) is 6.05. The van der Waals surface area contributed by atoms with E-state index in [1.54, 1.807) is 6.07 Å². The van der Waals surface area contributed by atoms with Gasteiger partial charge < -0.3 is 20.3 Å². The lowest BCUT2D eigenvalue weighted by atomic mass is 9.82. The predicted molar refractivity (Wildman–Crippen MR) is 72.3 cm³/mol. The summed E-state index contributed by atoms with van der Waals surface area (Å²) in [5, 5.41) is 10.1. The first-order valence-corrected chi connectivity index (χ1v) is 5.93. The summed E-state index contributed by atoms with van der Waals surface area (Å²) >= 11 is 0. The summed E-state index contributed by atoms with van der Waals surface area (Å²) in [7, 11) is 0. The van der Waals surface area contributed by atoms with Crippen molar-refractivity contribution in [1.82, 2.24) is 0 Å². The Labute approximate surface area is 122 Å². The van der Waals surface area contributed by atoms with E-state index in [9.17, 15) is 13.9 Å². The molecule has 0 amide bonds. The third-order valence-electron chi connectivity index (χ3n) is 3.04. The molecule has 0 bridgehead atoms. The summed E-state index contributed by atoms with van der Waals surface area (Å²) in [6, 6.07) is 3.59. The minimum atomic E-state index is -3.65. The molecule has 7 heteroatoms. The number of hydrogen-bond acceptors (Lipinski definition) is 4. The van der Waals surface area contributed by atoms with E-state index >= 15 is 0 Å². The van der Waals surface area contributed by atoms with Gasteiger partial charge in [-0.2, -0.15) is 0 Å². The molecule has 114 valence electrons. The zero-order valence-electron chi connectivity index (χ0n) is 11.4. The zero-order chi connectivity index (χ0) is 14.4. The predicted octanol–water partition coefficient (Wildman–Crippen LogP) is 2.84. The molecule has 2 atom stereocenters. The first kappa shape index (κ1) is 16.9. The van der Waals surface area contributed by atoms with Crippen LogP contribution in [0.3, 0.4) is 0 Å². The quantitative estimate of drug-likeness (QED) is 0.881. The van der Waals surface area contributed by atoms with Crippen LogP contribution < -0.4 is 15.2 Å². The molecule has 0 unspecified atom stereocenters. The van der Waals surface area contributed by atoms with E-state index in [1.165, 1.54) is 12.1 Å². The highest BCUT2D eigenvalue weighted by molar-refractivity contribution is 5.85. The van der Waals surface area contributed by atoms with Crippen LogP contribution in [0.25, 0.3) is 0 Å². The topological polar surface area (TPSA) is 64.7 Å². The Kier molecular flexibility index (Phi) is 4.53. The van der Waals surface area contributed by atoms with Crippen LogP contribution in [0.4, 0.5) is 8.78 Å². The zero-order valence-corrected chi connectivity index (χ0v) is 12.2. The maximum Gasteiger partial charge on any atom is 0.586 e. The number of aliphatic hydroxyl groups excluding tert-OH is 1. The van der Waals surface area contributed by atoms with E-state index < -0.39 is 23.9 Å².